The summed E-state index contributed by atoms with van der Waals surface area (Å²) in [6.07, 6.45) is 4.83. The van der Waals surface area contributed by atoms with Crippen LogP contribution in [0.5, 0.6) is 0 Å². The van der Waals surface area contributed by atoms with Crippen molar-refractivity contribution in [3.63, 3.8) is 0 Å². The van der Waals surface area contributed by atoms with Gasteiger partial charge in [0.05, 0.1) is 12.2 Å². The fraction of sp³-hybridized carbons (Fsp3) is 0.421. The number of nitrogens with zero attached hydrogens (tertiary/aromatic N) is 6. The van der Waals surface area contributed by atoms with Gasteiger partial charge in [-0.05, 0) is 74.5 Å². The van der Waals surface area contributed by atoms with Crippen LogP contribution in [0.2, 0.25) is 0 Å². The van der Waals surface area contributed by atoms with Crippen LogP contribution in [0.15, 0.2) is 72.9 Å². The Bertz CT molecular complexity index is 1830. The van der Waals surface area contributed by atoms with Gasteiger partial charge >= 0.3 is 0 Å². The second-order valence-electron chi connectivity index (χ2n) is 14.2. The third-order valence-electron chi connectivity index (χ3n) is 10.7. The van der Waals surface area contributed by atoms with Crippen LogP contribution in [0.25, 0.3) is 11.3 Å². The Morgan fingerprint density at radius 2 is 1.51 bits per heavy atom. The fourth-order valence-electron chi connectivity index (χ4n) is 8.23. The molecule has 3 aromatic carbocycles. The topological polar surface area (TPSA) is 74.6 Å². The summed E-state index contributed by atoms with van der Waals surface area (Å²) in [6.45, 7) is 9.06. The molecule has 0 N–H and O–H groups in total. The molecule has 0 saturated carbocycles. The summed E-state index contributed by atoms with van der Waals surface area (Å²) >= 11 is 0. The van der Waals surface area contributed by atoms with Crippen molar-refractivity contribution in [3.05, 3.63) is 107 Å². The smallest absolute Gasteiger partial charge is 0.254 e. The van der Waals surface area contributed by atoms with Crippen LogP contribution in [0.1, 0.15) is 71.9 Å². The average molecular weight is 671 g/mol. The number of amides is 2. The van der Waals surface area contributed by atoms with E-state index in [2.05, 4.69) is 53.3 Å². The van der Waals surface area contributed by atoms with Crippen molar-refractivity contribution in [2.45, 2.75) is 58.2 Å². The van der Waals surface area contributed by atoms with E-state index in [0.29, 0.717) is 49.0 Å². The van der Waals surface area contributed by atoms with Gasteiger partial charge in [-0.25, -0.2) is 17.9 Å². The van der Waals surface area contributed by atoms with Crippen molar-refractivity contribution < 1.29 is 22.8 Å². The summed E-state index contributed by atoms with van der Waals surface area (Å²) < 4.78 is 43.0. The molecule has 4 aromatic rings. The Morgan fingerprint density at radius 3 is 2.20 bits per heavy atom. The highest BCUT2D eigenvalue weighted by Crippen LogP contribution is 2.50. The van der Waals surface area contributed by atoms with Crippen LogP contribution >= 0.6 is 0 Å². The number of hydrogen-bond acceptors (Lipinski definition) is 5. The minimum Gasteiger partial charge on any atom is -0.338 e. The fourth-order valence-corrected chi connectivity index (χ4v) is 8.23. The molecular formula is C38H41F3N6O2. The van der Waals surface area contributed by atoms with Crippen molar-refractivity contribution in [1.29, 1.82) is 0 Å². The van der Waals surface area contributed by atoms with Gasteiger partial charge in [-0.15, -0.1) is 5.10 Å². The Hall–Kier alpha value is -4.51. The number of piperidine rings is 2. The van der Waals surface area contributed by atoms with E-state index in [9.17, 15) is 22.8 Å². The zero-order chi connectivity index (χ0) is 34.3. The summed E-state index contributed by atoms with van der Waals surface area (Å²) in [5.41, 5.74) is 2.41. The number of benzene rings is 3. The maximum absolute atomic E-state index is 14.3. The first-order valence-corrected chi connectivity index (χ1v) is 17.2. The highest BCUT2D eigenvalue weighted by molar-refractivity contribution is 6.00. The van der Waals surface area contributed by atoms with Gasteiger partial charge < -0.3 is 9.80 Å². The molecule has 7 rings (SSSR count). The lowest BCUT2D eigenvalue weighted by atomic mass is 9.61. The molecular weight excluding hydrogens is 629 g/mol. The summed E-state index contributed by atoms with van der Waals surface area (Å²) in [4.78, 5) is 33.8. The summed E-state index contributed by atoms with van der Waals surface area (Å²) in [7, 11) is 0. The van der Waals surface area contributed by atoms with E-state index in [4.69, 9.17) is 0 Å². The third-order valence-corrected chi connectivity index (χ3v) is 10.7. The van der Waals surface area contributed by atoms with Gasteiger partial charge in [-0.2, -0.15) is 0 Å². The number of rotatable bonds is 7. The molecule has 3 saturated heterocycles. The van der Waals surface area contributed by atoms with Crippen LogP contribution < -0.4 is 0 Å². The predicted molar refractivity (Wildman–Crippen MR) is 179 cm³/mol. The molecule has 3 aliphatic rings. The highest BCUT2D eigenvalue weighted by Gasteiger charge is 2.56. The van der Waals surface area contributed by atoms with Crippen LogP contribution in [-0.2, 0) is 6.54 Å². The lowest BCUT2D eigenvalue weighted by molar-refractivity contribution is -0.106. The maximum atomic E-state index is 14.3. The summed E-state index contributed by atoms with van der Waals surface area (Å²) in [5.74, 6) is -3.18. The second-order valence-corrected chi connectivity index (χ2v) is 14.2. The van der Waals surface area contributed by atoms with Crippen LogP contribution in [0.4, 0.5) is 13.2 Å². The Balaban J connectivity index is 0.961. The summed E-state index contributed by atoms with van der Waals surface area (Å²) in [5, 5.41) is 8.08. The van der Waals surface area contributed by atoms with Crippen molar-refractivity contribution in [3.8, 4) is 11.3 Å². The molecule has 8 nitrogen and oxygen atoms in total. The standard InChI is InChI=1S/C38H41F3N6O2/c1-25(2)35-38(13-17-44(18-14-38)22-26-7-4-3-5-8-26)24-46(35)37(49)28-10-6-9-27(19-28)36(48)45-15-11-29(12-16-45)47-23-34(42-43-47)30-20-32(40)33(41)21-31(30)39/h3-10,19-21,23,25,29,35H,11-18,22,24H2,1-2H3. The first-order chi connectivity index (χ1) is 23.6. The van der Waals surface area contributed by atoms with E-state index in [-0.39, 0.29) is 40.6 Å². The molecule has 2 amide bonds. The molecule has 0 bridgehead atoms. The highest BCUT2D eigenvalue weighted by atomic mass is 19.2. The normalized spacial score (nSPS) is 19.8. The van der Waals surface area contributed by atoms with Crippen LogP contribution in [0, 0.1) is 28.8 Å². The number of carbonyl (C=O) groups excluding carboxylic acids is 2. The van der Waals surface area contributed by atoms with Gasteiger partial charge in [0, 0.05) is 60.4 Å². The number of aromatic nitrogens is 3. The van der Waals surface area contributed by atoms with E-state index in [1.54, 1.807) is 33.8 Å². The van der Waals surface area contributed by atoms with Gasteiger partial charge in [-0.3, -0.25) is 14.5 Å². The molecule has 1 unspecified atom stereocenters. The molecule has 3 fully saturated rings. The third kappa shape index (κ3) is 6.48. The van der Waals surface area contributed by atoms with Gasteiger partial charge in [0.1, 0.15) is 11.5 Å². The predicted octanol–water partition coefficient (Wildman–Crippen LogP) is 6.60. The Kier molecular flexibility index (Phi) is 9.04. The van der Waals surface area contributed by atoms with E-state index >= 15 is 0 Å². The molecule has 1 aromatic heterocycles. The van der Waals surface area contributed by atoms with Crippen LogP contribution in [-0.4, -0.2) is 80.3 Å². The van der Waals surface area contributed by atoms with Crippen molar-refractivity contribution in [2.75, 3.05) is 32.7 Å². The SMILES string of the molecule is CC(C)C1N(C(=O)c2cccc(C(=O)N3CCC(n4cc(-c5cc(F)c(F)cc5F)nn4)CC3)c2)CC12CCN(Cc1ccccc1)CC2. The van der Waals surface area contributed by atoms with Gasteiger partial charge in [0.2, 0.25) is 0 Å². The average Bonchev–Trinajstić information content (AvgIpc) is 3.59. The lowest BCUT2D eigenvalue weighted by Gasteiger charge is -2.62. The largest absolute Gasteiger partial charge is 0.338 e. The molecule has 256 valence electrons. The molecule has 1 atom stereocenters. The van der Waals surface area contributed by atoms with Crippen molar-refractivity contribution in [1.82, 2.24) is 29.7 Å². The van der Waals surface area contributed by atoms with Crippen molar-refractivity contribution >= 4 is 11.8 Å². The van der Waals surface area contributed by atoms with E-state index < -0.39 is 17.5 Å². The van der Waals surface area contributed by atoms with E-state index in [0.717, 1.165) is 45.1 Å². The van der Waals surface area contributed by atoms with E-state index in [1.807, 2.05) is 11.0 Å². The molecule has 11 heteroatoms. The van der Waals surface area contributed by atoms with Gasteiger partial charge in [0.15, 0.2) is 11.6 Å². The monoisotopic (exact) mass is 670 g/mol. The second kappa shape index (κ2) is 13.4. The summed E-state index contributed by atoms with van der Waals surface area (Å²) in [6, 6.07) is 19.0. The number of carbonyl (C=O) groups is 2. The quantitative estimate of drug-likeness (QED) is 0.207. The minimum atomic E-state index is -1.26. The van der Waals surface area contributed by atoms with Gasteiger partial charge in [0.25, 0.3) is 11.8 Å². The number of likely N-dealkylation sites (tertiary alicyclic amines) is 3. The number of halogens is 3. The molecule has 0 aliphatic carbocycles. The number of hydrogen-bond donors (Lipinski definition) is 0. The molecule has 3 aliphatic heterocycles. The van der Waals surface area contributed by atoms with Gasteiger partial charge in [-0.1, -0.05) is 55.5 Å². The zero-order valence-electron chi connectivity index (χ0n) is 27.9. The first-order valence-electron chi connectivity index (χ1n) is 17.2. The molecule has 49 heavy (non-hydrogen) atoms. The van der Waals surface area contributed by atoms with E-state index in [1.165, 1.54) is 11.8 Å². The molecule has 0 radical (unpaired) electrons. The lowest BCUT2D eigenvalue weighted by Crippen LogP contribution is -2.70. The first kappa shape index (κ1) is 33.0. The zero-order valence-corrected chi connectivity index (χ0v) is 27.9. The van der Waals surface area contributed by atoms with Crippen molar-refractivity contribution in [2.24, 2.45) is 11.3 Å². The van der Waals surface area contributed by atoms with Crippen LogP contribution in [0.3, 0.4) is 0 Å². The Morgan fingerprint density at radius 1 is 0.837 bits per heavy atom. The minimum absolute atomic E-state index is 0.0242. The maximum Gasteiger partial charge on any atom is 0.254 e. The Labute approximate surface area is 284 Å². The molecule has 1 spiro atoms. The molecule has 4 heterocycles.